The van der Waals surface area contributed by atoms with E-state index < -0.39 is 131 Å². The van der Waals surface area contributed by atoms with Gasteiger partial charge in [0.2, 0.25) is 5.78 Å². The van der Waals surface area contributed by atoms with Crippen LogP contribution in [0.15, 0.2) is 30.4 Å². The van der Waals surface area contributed by atoms with E-state index in [1.165, 1.54) is 32.2 Å². The second kappa shape index (κ2) is 16.6. The number of allylic oxidation sites excluding steroid dienone is 1. The van der Waals surface area contributed by atoms with Gasteiger partial charge in [-0.15, -0.1) is 5.06 Å². The third-order valence-corrected chi connectivity index (χ3v) is 12.1. The van der Waals surface area contributed by atoms with Crippen molar-refractivity contribution in [3.05, 3.63) is 63.7 Å². The van der Waals surface area contributed by atoms with Gasteiger partial charge in [-0.3, -0.25) is 24.0 Å². The fourth-order valence-corrected chi connectivity index (χ4v) is 8.69. The monoisotopic (exact) mass is 850 g/mol. The molecule has 0 bridgehead atoms. The lowest BCUT2D eigenvalue weighted by atomic mass is 9.72. The molecule has 0 aromatic heterocycles. The fourth-order valence-electron chi connectivity index (χ4n) is 8.69. The molecule has 3 amide bonds. The molecule has 5 unspecified atom stereocenters. The topological polar surface area (TPSA) is 282 Å². The quantitative estimate of drug-likeness (QED) is 0.102. The molecule has 8 atom stereocenters. The van der Waals surface area contributed by atoms with Gasteiger partial charge in [-0.25, -0.2) is 9.59 Å². The minimum Gasteiger partial charge on any atom is -0.507 e. The highest BCUT2D eigenvalue weighted by atomic mass is 16.7. The summed E-state index contributed by atoms with van der Waals surface area (Å²) in [6, 6.07) is 3.20. The van der Waals surface area contributed by atoms with Crippen LogP contribution in [0.1, 0.15) is 114 Å². The van der Waals surface area contributed by atoms with Gasteiger partial charge in [0.25, 0.3) is 11.8 Å². The zero-order valence-electron chi connectivity index (χ0n) is 33.5. The number of carbonyl (C=O) groups is 7. The van der Waals surface area contributed by atoms with Gasteiger partial charge in [0.05, 0.1) is 47.5 Å². The second-order valence-electron chi connectivity index (χ2n) is 16.2. The van der Waals surface area contributed by atoms with Gasteiger partial charge >= 0.3 is 12.1 Å². The number of hydroxylamine groups is 2. The normalized spacial score (nSPS) is 30.3. The Morgan fingerprint density at radius 3 is 2.41 bits per heavy atom. The molecule has 2 aromatic carbocycles. The Morgan fingerprint density at radius 1 is 1.02 bits per heavy atom. The zero-order chi connectivity index (χ0) is 44.1. The van der Waals surface area contributed by atoms with Gasteiger partial charge in [0, 0.05) is 48.8 Å². The Labute approximate surface area is 348 Å². The molecule has 6 N–H and O–H groups in total. The SMILES string of the molecule is COc1cccc2c1C(=O)c1c(O)c3c(c(O)c1C2=O)C[C@@](O)(C(=O)CO)C[C@@H]3OC1CC(NC(=O)OC2/C=C/CC(C)(C(=O)ON3C(=O)CCC3=O)CCC2)[C@H](O)C(C)O1. The van der Waals surface area contributed by atoms with Crippen LogP contribution in [-0.2, 0) is 44.6 Å². The Bertz CT molecular complexity index is 2220. The number of carbonyl (C=O) groups excluding carboxylic acids is 7. The smallest absolute Gasteiger partial charge is 0.408 e. The van der Waals surface area contributed by atoms with Crippen LogP contribution in [0.2, 0.25) is 0 Å². The number of imide groups is 1. The number of benzene rings is 2. The number of ketones is 3. The van der Waals surface area contributed by atoms with Crippen molar-refractivity contribution in [3.63, 3.8) is 0 Å². The minimum atomic E-state index is -2.39. The molecule has 3 aliphatic carbocycles. The van der Waals surface area contributed by atoms with Crippen molar-refractivity contribution in [2.75, 3.05) is 13.7 Å². The first-order valence-electron chi connectivity index (χ1n) is 19.9. The number of phenolic OH excluding ortho intramolecular Hbond substituents is 2. The number of nitrogens with zero attached hydrogens (tertiary/aromatic N) is 1. The van der Waals surface area contributed by atoms with E-state index in [9.17, 15) is 59.1 Å². The number of nitrogens with one attached hydrogen (secondary N) is 1. The third kappa shape index (κ3) is 7.87. The van der Waals surface area contributed by atoms with E-state index in [-0.39, 0.29) is 66.5 Å². The molecule has 19 nitrogen and oxygen atoms in total. The van der Waals surface area contributed by atoms with E-state index in [4.69, 9.17) is 23.8 Å². The van der Waals surface area contributed by atoms with Gasteiger partial charge in [0.15, 0.2) is 17.9 Å². The molecule has 2 aliphatic heterocycles. The maximum atomic E-state index is 14.0. The lowest BCUT2D eigenvalue weighted by Gasteiger charge is -2.42. The molecule has 2 saturated heterocycles. The van der Waals surface area contributed by atoms with Crippen LogP contribution >= 0.6 is 0 Å². The Hall–Kier alpha value is -5.73. The highest BCUT2D eigenvalue weighted by Gasteiger charge is 2.51. The summed E-state index contributed by atoms with van der Waals surface area (Å²) in [7, 11) is 1.29. The molecule has 0 saturated carbocycles. The number of Topliss-reactive ketones (excluding diaryl/α,β-unsaturated/α-hetero) is 1. The number of aliphatic hydroxyl groups excluding tert-OH is 2. The number of rotatable bonds is 9. The molecule has 0 spiro atoms. The van der Waals surface area contributed by atoms with Crippen molar-refractivity contribution in [3.8, 4) is 17.2 Å². The molecule has 2 fully saturated rings. The maximum absolute atomic E-state index is 14.0. The molecule has 7 rings (SSSR count). The predicted molar refractivity (Wildman–Crippen MR) is 204 cm³/mol. The van der Waals surface area contributed by atoms with Gasteiger partial charge in [-0.2, -0.15) is 0 Å². The van der Waals surface area contributed by atoms with Crippen LogP contribution < -0.4 is 10.1 Å². The van der Waals surface area contributed by atoms with Crippen LogP contribution in [0, 0.1) is 5.41 Å². The van der Waals surface area contributed by atoms with Gasteiger partial charge in [-0.05, 0) is 51.7 Å². The maximum Gasteiger partial charge on any atom is 0.408 e. The molecule has 0 radical (unpaired) electrons. The summed E-state index contributed by atoms with van der Waals surface area (Å²) in [6.07, 6.45) is -4.05. The van der Waals surface area contributed by atoms with Crippen molar-refractivity contribution >= 4 is 41.2 Å². The summed E-state index contributed by atoms with van der Waals surface area (Å²) in [5.74, 6) is -6.16. The molecule has 326 valence electrons. The van der Waals surface area contributed by atoms with Crippen molar-refractivity contribution in [1.82, 2.24) is 10.4 Å². The van der Waals surface area contributed by atoms with Crippen molar-refractivity contribution in [2.24, 2.45) is 5.41 Å². The highest BCUT2D eigenvalue weighted by molar-refractivity contribution is 6.31. The number of ether oxygens (including phenoxy) is 4. The molecule has 2 aromatic rings. The first-order chi connectivity index (χ1) is 28.9. The Kier molecular flexibility index (Phi) is 11.8. The Morgan fingerprint density at radius 2 is 1.72 bits per heavy atom. The van der Waals surface area contributed by atoms with Crippen LogP contribution in [0.3, 0.4) is 0 Å². The van der Waals surface area contributed by atoms with E-state index in [2.05, 4.69) is 5.32 Å². The van der Waals surface area contributed by atoms with Crippen LogP contribution in [-0.4, -0.2) is 122 Å². The molecular weight excluding hydrogens is 804 g/mol. The average Bonchev–Trinajstić information content (AvgIpc) is 3.53. The lowest BCUT2D eigenvalue weighted by molar-refractivity contribution is -0.249. The van der Waals surface area contributed by atoms with E-state index in [0.29, 0.717) is 11.5 Å². The average molecular weight is 851 g/mol. The largest absolute Gasteiger partial charge is 0.507 e. The lowest BCUT2D eigenvalue weighted by Crippen LogP contribution is -2.56. The number of methoxy groups -OCH3 is 1. The van der Waals surface area contributed by atoms with E-state index in [1.807, 2.05) is 0 Å². The fraction of sp³-hybridized carbons (Fsp3) is 0.500. The standard InChI is InChI=1S/C42H46N2O17/c1-19-34(49)23(43-40(55)59-20-7-5-13-41(2,14-6-8-20)39(54)61-44-27(47)11-12-28(44)48)15-29(58-19)60-25-17-42(56,26(46)18-45)16-22-31(25)38(53)33-32(36(22)51)35(50)21-9-4-10-24(57-3)30(21)37(33)52/h4-5,7,9-10,19-20,23,25,29,34,45,49,51,53,56H,6,8,11-18H2,1-3H3,(H,43,55)/b7-5+/t19?,20?,23?,25-,29?,34+,41?,42-/m0/s1. The molecule has 5 aliphatic rings. The Balaban J connectivity index is 1.08. The van der Waals surface area contributed by atoms with Crippen molar-refractivity contribution < 1.29 is 82.9 Å². The van der Waals surface area contributed by atoms with Gasteiger partial charge in [0.1, 0.15) is 41.7 Å². The number of aromatic hydroxyl groups is 2. The van der Waals surface area contributed by atoms with E-state index >= 15 is 0 Å². The van der Waals surface area contributed by atoms with E-state index in [1.54, 1.807) is 19.1 Å². The summed E-state index contributed by atoms with van der Waals surface area (Å²) in [6.45, 7) is 2.03. The van der Waals surface area contributed by atoms with Crippen LogP contribution in [0.25, 0.3) is 0 Å². The second-order valence-corrected chi connectivity index (χ2v) is 16.2. The molecule has 61 heavy (non-hydrogen) atoms. The first kappa shape index (κ1) is 43.4. The molecule has 2 heterocycles. The van der Waals surface area contributed by atoms with Crippen LogP contribution in [0.5, 0.6) is 17.2 Å². The predicted octanol–water partition coefficient (Wildman–Crippen LogP) is 1.88. The number of amides is 3. The summed E-state index contributed by atoms with van der Waals surface area (Å²) >= 11 is 0. The van der Waals surface area contributed by atoms with Crippen molar-refractivity contribution in [2.45, 2.75) is 114 Å². The summed E-state index contributed by atoms with van der Waals surface area (Å²) < 4.78 is 23.1. The number of hydrogen-bond donors (Lipinski definition) is 6. The van der Waals surface area contributed by atoms with Gasteiger partial charge < -0.3 is 54.6 Å². The minimum absolute atomic E-state index is 0.0360. The number of phenols is 2. The highest BCUT2D eigenvalue weighted by Crippen LogP contribution is 2.52. The molecular formula is C42H46N2O17. The number of alkyl carbamates (subject to hydrolysis) is 1. The molecule has 19 heteroatoms. The van der Waals surface area contributed by atoms with Crippen molar-refractivity contribution in [1.29, 1.82) is 0 Å². The van der Waals surface area contributed by atoms with E-state index in [0.717, 1.165) is 0 Å². The van der Waals surface area contributed by atoms with Crippen LogP contribution in [0.4, 0.5) is 4.79 Å². The summed E-state index contributed by atoms with van der Waals surface area (Å²) in [4.78, 5) is 96.1. The summed E-state index contributed by atoms with van der Waals surface area (Å²) in [5, 5.41) is 59.0. The number of aliphatic hydroxyl groups is 3. The number of fused-ring (bicyclic) bond motifs is 3. The number of hydrogen-bond acceptors (Lipinski definition) is 17. The zero-order valence-corrected chi connectivity index (χ0v) is 33.5. The third-order valence-electron chi connectivity index (χ3n) is 12.1. The van der Waals surface area contributed by atoms with Gasteiger partial charge in [-0.1, -0.05) is 18.2 Å². The summed E-state index contributed by atoms with van der Waals surface area (Å²) in [5.41, 5.74) is -5.33. The first-order valence-corrected chi connectivity index (χ1v) is 19.9.